The van der Waals surface area contributed by atoms with Gasteiger partial charge in [-0.2, -0.15) is 30.4 Å². The van der Waals surface area contributed by atoms with Crippen molar-refractivity contribution in [2.24, 2.45) is 30.7 Å². The zero-order chi connectivity index (χ0) is 46.2. The quantitative estimate of drug-likeness (QED) is 0.0457. The van der Waals surface area contributed by atoms with Crippen LogP contribution in [0.4, 0.5) is 34.1 Å². The first-order valence-corrected chi connectivity index (χ1v) is 21.1. The molecule has 0 amide bonds. The lowest BCUT2D eigenvalue weighted by atomic mass is 10.1. The number of phenols is 1. The standard InChI is InChI=1S/C35H26N8O17S3/c1-59-26-15-25(27(60-2)14-24(26)38-37-23-10-8-20(62(53,54)55)13-22(23)34(46)47)39-40-29-28(63(56,57)58)12-16-11-17(3-9-21(16)32(29)44)36-41-30-31(35(48)49)42-43(33(30)45)18-4-6-19(7-5-18)61(50,51)52/h3-15,42,44H,1-2H3,(H,46,47)(H,48,49)(H,50,51,52)(H,53,54,55)(H,56,57,58). The van der Waals surface area contributed by atoms with Crippen LogP contribution < -0.4 is 15.0 Å². The second-order valence-corrected chi connectivity index (χ2v) is 16.7. The van der Waals surface area contributed by atoms with Crippen molar-refractivity contribution < 1.29 is 73.3 Å². The molecule has 0 aliphatic rings. The minimum Gasteiger partial charge on any atom is -0.505 e. The van der Waals surface area contributed by atoms with Gasteiger partial charge < -0.3 is 24.8 Å². The van der Waals surface area contributed by atoms with Gasteiger partial charge >= 0.3 is 11.9 Å². The molecule has 28 heteroatoms. The number of nitrogens with zero attached hydrogens (tertiary/aromatic N) is 7. The fourth-order valence-corrected chi connectivity index (χ4v) is 7.23. The van der Waals surface area contributed by atoms with E-state index >= 15 is 0 Å². The number of aromatic carboxylic acids is 2. The van der Waals surface area contributed by atoms with Crippen LogP contribution in [0.5, 0.6) is 17.2 Å². The van der Waals surface area contributed by atoms with E-state index in [-0.39, 0.29) is 50.7 Å². The number of nitrogens with one attached hydrogen (secondary N) is 1. The summed E-state index contributed by atoms with van der Waals surface area (Å²) in [5, 5.41) is 56.0. The van der Waals surface area contributed by atoms with Gasteiger partial charge in [0.1, 0.15) is 39.1 Å². The van der Waals surface area contributed by atoms with Crippen molar-refractivity contribution in [3.8, 4) is 22.9 Å². The number of fused-ring (bicyclic) bond motifs is 1. The number of carboxylic acid groups (broad SMARTS) is 2. The lowest BCUT2D eigenvalue weighted by molar-refractivity contribution is 0.0682. The third-order valence-electron chi connectivity index (χ3n) is 8.55. The van der Waals surface area contributed by atoms with E-state index < -0.39 is 90.9 Å². The number of aromatic nitrogens is 2. The summed E-state index contributed by atoms with van der Waals surface area (Å²) >= 11 is 0. The number of hydrogen-bond donors (Lipinski definition) is 7. The number of azo groups is 3. The van der Waals surface area contributed by atoms with Gasteiger partial charge in [0.2, 0.25) is 0 Å². The molecule has 0 bridgehead atoms. The van der Waals surface area contributed by atoms with Crippen molar-refractivity contribution in [2.45, 2.75) is 14.7 Å². The molecule has 0 fully saturated rings. The second-order valence-electron chi connectivity index (χ2n) is 12.5. The summed E-state index contributed by atoms with van der Waals surface area (Å²) in [6, 6.07) is 13.6. The Labute approximate surface area is 352 Å². The number of H-pyrrole nitrogens is 1. The van der Waals surface area contributed by atoms with E-state index in [4.69, 9.17) is 9.47 Å². The predicted molar refractivity (Wildman–Crippen MR) is 214 cm³/mol. The molecule has 0 saturated heterocycles. The van der Waals surface area contributed by atoms with Gasteiger partial charge in [0, 0.05) is 17.5 Å². The highest BCUT2D eigenvalue weighted by molar-refractivity contribution is 7.86. The number of carboxylic acids is 2. The van der Waals surface area contributed by atoms with Gasteiger partial charge in [0.25, 0.3) is 35.9 Å². The van der Waals surface area contributed by atoms with Gasteiger partial charge in [-0.15, -0.1) is 25.6 Å². The molecule has 25 nitrogen and oxygen atoms in total. The van der Waals surface area contributed by atoms with Crippen molar-refractivity contribution in [1.82, 2.24) is 9.78 Å². The lowest BCUT2D eigenvalue weighted by Crippen LogP contribution is -2.14. The van der Waals surface area contributed by atoms with E-state index in [0.29, 0.717) is 6.07 Å². The monoisotopic (exact) mass is 926 g/mol. The second kappa shape index (κ2) is 16.9. The largest absolute Gasteiger partial charge is 0.505 e. The Kier molecular flexibility index (Phi) is 12.0. The maximum Gasteiger partial charge on any atom is 0.356 e. The number of benzene rings is 5. The van der Waals surface area contributed by atoms with Crippen molar-refractivity contribution in [1.29, 1.82) is 0 Å². The average Bonchev–Trinajstić information content (AvgIpc) is 3.56. The molecule has 0 aliphatic heterocycles. The molecule has 0 saturated carbocycles. The molecule has 0 aliphatic carbocycles. The van der Waals surface area contributed by atoms with Gasteiger partial charge in [0.15, 0.2) is 17.1 Å². The number of aromatic amines is 1. The van der Waals surface area contributed by atoms with Gasteiger partial charge in [0.05, 0.1) is 40.9 Å². The highest BCUT2D eigenvalue weighted by Gasteiger charge is 2.25. The molecular formula is C35H26N8O17S3. The van der Waals surface area contributed by atoms with Crippen LogP contribution in [0.1, 0.15) is 20.8 Å². The van der Waals surface area contributed by atoms with E-state index in [1.54, 1.807) is 0 Å². The van der Waals surface area contributed by atoms with Gasteiger partial charge in [-0.25, -0.2) is 14.3 Å². The Bertz CT molecular complexity index is 3380. The van der Waals surface area contributed by atoms with Gasteiger partial charge in [-0.3, -0.25) is 23.6 Å². The minimum absolute atomic E-state index is 0.0382. The molecule has 326 valence electrons. The van der Waals surface area contributed by atoms with Crippen molar-refractivity contribution in [3.63, 3.8) is 0 Å². The van der Waals surface area contributed by atoms with Crippen LogP contribution >= 0.6 is 0 Å². The fraction of sp³-hybridized carbons (Fsp3) is 0.0571. The summed E-state index contributed by atoms with van der Waals surface area (Å²) in [6.45, 7) is 0. The van der Waals surface area contributed by atoms with Gasteiger partial charge in [-0.1, -0.05) is 0 Å². The van der Waals surface area contributed by atoms with Crippen LogP contribution in [0.25, 0.3) is 16.5 Å². The van der Waals surface area contributed by atoms with Crippen LogP contribution in [-0.4, -0.2) is 90.2 Å². The number of hydrogen-bond acceptors (Lipinski definition) is 18. The first-order chi connectivity index (χ1) is 29.5. The van der Waals surface area contributed by atoms with E-state index in [9.17, 15) is 68.6 Å². The molecular weight excluding hydrogens is 901 g/mol. The summed E-state index contributed by atoms with van der Waals surface area (Å²) in [4.78, 5) is 34.8. The Hall–Kier alpha value is -7.76. The Balaban J connectivity index is 1.35. The number of ether oxygens (including phenoxy) is 2. The third-order valence-corrected chi connectivity index (χ3v) is 11.1. The first kappa shape index (κ1) is 44.8. The van der Waals surface area contributed by atoms with Crippen LogP contribution in [0.15, 0.2) is 129 Å². The highest BCUT2D eigenvalue weighted by Crippen LogP contribution is 2.45. The maximum atomic E-state index is 13.2. The molecule has 0 unspecified atom stereocenters. The van der Waals surface area contributed by atoms with Crippen LogP contribution in [0.3, 0.4) is 0 Å². The Morgan fingerprint density at radius 2 is 1.17 bits per heavy atom. The van der Waals surface area contributed by atoms with E-state index in [0.717, 1.165) is 53.2 Å². The Morgan fingerprint density at radius 1 is 0.619 bits per heavy atom. The molecule has 0 atom stereocenters. The number of methoxy groups -OCH3 is 2. The number of rotatable bonds is 14. The molecule has 6 rings (SSSR count). The fourth-order valence-electron chi connectivity index (χ4n) is 5.59. The summed E-state index contributed by atoms with van der Waals surface area (Å²) in [7, 11) is -12.1. The molecule has 1 heterocycles. The molecule has 6 aromatic rings. The zero-order valence-corrected chi connectivity index (χ0v) is 34.0. The molecule has 0 radical (unpaired) electrons. The van der Waals surface area contributed by atoms with E-state index in [1.807, 2.05) is 0 Å². The SMILES string of the molecule is COc1cc(N=Nc2c(S(=O)(=O)O)cc3cc(N=Nc4c(C(=O)O)[nH]n(-c5ccc(S(=O)(=O)O)cc5)c4=O)ccc3c2O)c(OC)cc1N=Nc1ccc(S(=O)(=O)O)cc1C(=O)O. The summed E-state index contributed by atoms with van der Waals surface area (Å²) in [6.07, 6.45) is 0. The molecule has 1 aromatic heterocycles. The first-order valence-electron chi connectivity index (χ1n) is 16.8. The summed E-state index contributed by atoms with van der Waals surface area (Å²) in [5.74, 6) is -4.21. The van der Waals surface area contributed by atoms with Crippen LogP contribution in [0, 0.1) is 0 Å². The van der Waals surface area contributed by atoms with Crippen molar-refractivity contribution >= 4 is 87.2 Å². The predicted octanol–water partition coefficient (Wildman–Crippen LogP) is 6.42. The molecule has 63 heavy (non-hydrogen) atoms. The molecule has 5 aromatic carbocycles. The zero-order valence-electron chi connectivity index (χ0n) is 31.5. The average molecular weight is 927 g/mol. The summed E-state index contributed by atoms with van der Waals surface area (Å²) < 4.78 is 111. The molecule has 0 spiro atoms. The lowest BCUT2D eigenvalue weighted by Gasteiger charge is -2.11. The number of phenolic OH excluding ortho intramolecular Hbond substituents is 1. The topological polar surface area (TPSA) is 388 Å². The third kappa shape index (κ3) is 9.44. The maximum absolute atomic E-state index is 13.2. The normalized spacial score (nSPS) is 12.5. The van der Waals surface area contributed by atoms with Crippen LogP contribution in [0.2, 0.25) is 0 Å². The van der Waals surface area contributed by atoms with Gasteiger partial charge in [-0.05, 0) is 72.1 Å². The number of aromatic hydroxyl groups is 1. The highest BCUT2D eigenvalue weighted by atomic mass is 32.2. The summed E-state index contributed by atoms with van der Waals surface area (Å²) in [5.41, 5.74) is -4.55. The number of carbonyl (C=O) groups is 2. The Morgan fingerprint density at radius 3 is 1.71 bits per heavy atom. The molecule has 7 N–H and O–H groups in total. The van der Waals surface area contributed by atoms with Crippen LogP contribution in [-0.2, 0) is 30.4 Å². The van der Waals surface area contributed by atoms with Crippen molar-refractivity contribution in [2.75, 3.05) is 14.2 Å². The van der Waals surface area contributed by atoms with E-state index in [2.05, 4.69) is 35.8 Å². The van der Waals surface area contributed by atoms with Crippen molar-refractivity contribution in [3.05, 3.63) is 100 Å². The van der Waals surface area contributed by atoms with E-state index in [1.165, 1.54) is 38.5 Å². The minimum atomic E-state index is -5.17. The smallest absolute Gasteiger partial charge is 0.356 e.